The first-order valence-corrected chi connectivity index (χ1v) is 13.5. The maximum atomic E-state index is 12.8. The molecule has 3 nitrogen and oxygen atoms in total. The first-order chi connectivity index (χ1) is 15.3. The monoisotopic (exact) mass is 454 g/mol. The minimum atomic E-state index is -0.800. The Morgan fingerprint density at radius 3 is 2.39 bits per heavy atom. The van der Waals surface area contributed by atoms with Gasteiger partial charge in [-0.2, -0.15) is 0 Å². The van der Waals surface area contributed by atoms with Crippen molar-refractivity contribution in [1.82, 2.24) is 0 Å². The van der Waals surface area contributed by atoms with Gasteiger partial charge in [0.2, 0.25) is 0 Å². The van der Waals surface area contributed by atoms with Crippen LogP contribution < -0.4 is 0 Å². The number of aliphatic carboxylic acids is 1. The van der Waals surface area contributed by atoms with Gasteiger partial charge in [-0.15, -0.1) is 0 Å². The molecular formula is C30H46O3. The highest BCUT2D eigenvalue weighted by Gasteiger charge is 2.63. The Morgan fingerprint density at radius 1 is 1.03 bits per heavy atom. The van der Waals surface area contributed by atoms with E-state index in [1.807, 2.05) is 6.08 Å². The average Bonchev–Trinajstić information content (AvgIpc) is 3.02. The third-order valence-electron chi connectivity index (χ3n) is 11.7. The van der Waals surface area contributed by atoms with Crippen molar-refractivity contribution in [1.29, 1.82) is 0 Å². The minimum Gasteiger partial charge on any atom is -0.478 e. The van der Waals surface area contributed by atoms with Gasteiger partial charge < -0.3 is 5.11 Å². The summed E-state index contributed by atoms with van der Waals surface area (Å²) in [4.78, 5) is 23.9. The number of rotatable bonds is 5. The van der Waals surface area contributed by atoms with Crippen LogP contribution in [0.2, 0.25) is 0 Å². The molecule has 0 unspecified atom stereocenters. The third kappa shape index (κ3) is 3.50. The van der Waals surface area contributed by atoms with Crippen LogP contribution in [0.3, 0.4) is 0 Å². The number of allylic oxidation sites excluding steroid dienone is 3. The summed E-state index contributed by atoms with van der Waals surface area (Å²) < 4.78 is 0. The molecule has 0 saturated heterocycles. The molecule has 0 amide bonds. The van der Waals surface area contributed by atoms with E-state index < -0.39 is 5.97 Å². The van der Waals surface area contributed by atoms with E-state index in [1.54, 1.807) is 18.1 Å². The highest BCUT2D eigenvalue weighted by molar-refractivity contribution is 5.86. The molecule has 0 radical (unpaired) electrons. The second kappa shape index (κ2) is 8.09. The van der Waals surface area contributed by atoms with Crippen molar-refractivity contribution in [2.45, 2.75) is 113 Å². The van der Waals surface area contributed by atoms with Crippen LogP contribution in [-0.4, -0.2) is 16.9 Å². The van der Waals surface area contributed by atoms with E-state index in [-0.39, 0.29) is 16.2 Å². The van der Waals surface area contributed by atoms with E-state index in [9.17, 15) is 9.59 Å². The van der Waals surface area contributed by atoms with Gasteiger partial charge >= 0.3 is 5.97 Å². The van der Waals surface area contributed by atoms with Gasteiger partial charge in [0.25, 0.3) is 0 Å². The molecule has 3 heteroatoms. The lowest BCUT2D eigenvalue weighted by Gasteiger charge is -2.61. The van der Waals surface area contributed by atoms with Crippen LogP contribution in [0.1, 0.15) is 113 Å². The van der Waals surface area contributed by atoms with Crippen LogP contribution in [0.4, 0.5) is 0 Å². The van der Waals surface area contributed by atoms with Gasteiger partial charge in [0.15, 0.2) is 0 Å². The molecule has 0 aromatic heterocycles. The van der Waals surface area contributed by atoms with E-state index in [2.05, 4.69) is 41.5 Å². The second-order valence-corrected chi connectivity index (χ2v) is 13.3. The molecule has 4 aliphatic rings. The molecule has 33 heavy (non-hydrogen) atoms. The van der Waals surface area contributed by atoms with Gasteiger partial charge in [-0.1, -0.05) is 58.8 Å². The molecule has 4 aliphatic carbocycles. The van der Waals surface area contributed by atoms with Crippen LogP contribution in [0.5, 0.6) is 0 Å². The largest absolute Gasteiger partial charge is 0.478 e. The van der Waals surface area contributed by atoms with Crippen LogP contribution in [0, 0.1) is 39.4 Å². The first-order valence-electron chi connectivity index (χ1n) is 13.5. The number of carboxylic acid groups (broad SMARTS) is 1. The zero-order chi connectivity index (χ0) is 24.4. The molecule has 0 aliphatic heterocycles. The smallest absolute Gasteiger partial charge is 0.330 e. The molecule has 0 bridgehead atoms. The summed E-state index contributed by atoms with van der Waals surface area (Å²) in [6, 6.07) is 0. The van der Waals surface area contributed by atoms with E-state index in [0.29, 0.717) is 34.5 Å². The SMILES string of the molecule is C/C(=C\CC[C@@H](C)[C@H]1CC[C@@]2(C)C3=C(CC[C@]12C)[C@@]1(C)CCC(=O)C(C)(C)[C@@H]1CC3)C(=O)O. The lowest BCUT2D eigenvalue weighted by molar-refractivity contribution is -0.139. The summed E-state index contributed by atoms with van der Waals surface area (Å²) in [6.07, 6.45) is 13.0. The Bertz CT molecular complexity index is 908. The van der Waals surface area contributed by atoms with Gasteiger partial charge in [-0.3, -0.25) is 4.79 Å². The van der Waals surface area contributed by atoms with Crippen LogP contribution >= 0.6 is 0 Å². The van der Waals surface area contributed by atoms with Crippen molar-refractivity contribution in [2.24, 2.45) is 39.4 Å². The number of Topliss-reactive ketones (excluding diaryl/α,β-unsaturated/α-hetero) is 1. The standard InChI is InChI=1S/C30H46O3/c1-19(9-8-10-20(2)26(32)33)21-13-17-30(7)23-11-12-24-27(3,4)25(31)15-16-28(24,5)22(23)14-18-29(21,30)6/h10,19,21,24H,8-9,11-18H2,1-7H3,(H,32,33)/b20-10+/t19-,21-,24+,28-,29-,30+/m1/s1. The Morgan fingerprint density at radius 2 is 1.73 bits per heavy atom. The molecule has 0 aromatic rings. The van der Waals surface area contributed by atoms with Crippen LogP contribution in [-0.2, 0) is 9.59 Å². The van der Waals surface area contributed by atoms with Crippen molar-refractivity contribution in [3.8, 4) is 0 Å². The number of fused-ring (bicyclic) bond motifs is 4. The van der Waals surface area contributed by atoms with Crippen molar-refractivity contribution < 1.29 is 14.7 Å². The highest BCUT2D eigenvalue weighted by Crippen LogP contribution is 2.72. The predicted octanol–water partition coefficient (Wildman–Crippen LogP) is 7.75. The zero-order valence-electron chi connectivity index (χ0n) is 22.1. The summed E-state index contributed by atoms with van der Waals surface area (Å²) >= 11 is 0. The summed E-state index contributed by atoms with van der Waals surface area (Å²) in [5.41, 5.74) is 4.58. The lowest BCUT2D eigenvalue weighted by Crippen LogP contribution is -2.53. The van der Waals surface area contributed by atoms with E-state index in [1.165, 1.54) is 38.5 Å². The predicted molar refractivity (Wildman–Crippen MR) is 134 cm³/mol. The quantitative estimate of drug-likeness (QED) is 0.341. The number of hydrogen-bond donors (Lipinski definition) is 1. The summed E-state index contributed by atoms with van der Waals surface area (Å²) in [5.74, 6) is 1.47. The normalized spacial score (nSPS) is 41.3. The zero-order valence-corrected chi connectivity index (χ0v) is 22.1. The van der Waals surface area contributed by atoms with Crippen LogP contribution in [0.25, 0.3) is 0 Å². The lowest BCUT2D eigenvalue weighted by atomic mass is 9.43. The molecule has 184 valence electrons. The maximum Gasteiger partial charge on any atom is 0.330 e. The average molecular weight is 455 g/mol. The maximum absolute atomic E-state index is 12.8. The fraction of sp³-hybridized carbons (Fsp3) is 0.800. The number of carbonyl (C=O) groups excluding carboxylic acids is 1. The second-order valence-electron chi connectivity index (χ2n) is 13.3. The van der Waals surface area contributed by atoms with Gasteiger partial charge in [-0.05, 0) is 98.7 Å². The first kappa shape index (κ1) is 24.7. The van der Waals surface area contributed by atoms with E-state index in [4.69, 9.17) is 5.11 Å². The summed E-state index contributed by atoms with van der Waals surface area (Å²) in [7, 11) is 0. The molecule has 0 heterocycles. The third-order valence-corrected chi connectivity index (χ3v) is 11.7. The van der Waals surface area contributed by atoms with Crippen molar-refractivity contribution in [3.05, 3.63) is 22.8 Å². The number of ketones is 1. The van der Waals surface area contributed by atoms with Crippen LogP contribution in [0.15, 0.2) is 22.8 Å². The fourth-order valence-corrected chi connectivity index (χ4v) is 9.29. The Labute approximate surface area is 201 Å². The molecule has 6 atom stereocenters. The van der Waals surface area contributed by atoms with Crippen molar-refractivity contribution in [3.63, 3.8) is 0 Å². The summed E-state index contributed by atoms with van der Waals surface area (Å²) in [5, 5.41) is 9.16. The molecule has 2 fully saturated rings. The van der Waals surface area contributed by atoms with Gasteiger partial charge in [0.05, 0.1) is 0 Å². The molecule has 0 aromatic carbocycles. The van der Waals surface area contributed by atoms with Crippen molar-refractivity contribution >= 4 is 11.8 Å². The Balaban J connectivity index is 1.61. The summed E-state index contributed by atoms with van der Waals surface area (Å²) in [6.45, 7) is 16.2. The molecule has 0 spiro atoms. The molecule has 4 rings (SSSR count). The van der Waals surface area contributed by atoms with Crippen molar-refractivity contribution in [2.75, 3.05) is 0 Å². The topological polar surface area (TPSA) is 54.4 Å². The number of carboxylic acids is 1. The van der Waals surface area contributed by atoms with Gasteiger partial charge in [0.1, 0.15) is 5.78 Å². The molecule has 1 N–H and O–H groups in total. The molecule has 2 saturated carbocycles. The number of carbonyl (C=O) groups is 2. The Kier molecular flexibility index (Phi) is 6.07. The fourth-order valence-electron chi connectivity index (χ4n) is 9.29. The van der Waals surface area contributed by atoms with E-state index >= 15 is 0 Å². The van der Waals surface area contributed by atoms with Gasteiger partial charge in [0, 0.05) is 17.4 Å². The van der Waals surface area contributed by atoms with Gasteiger partial charge in [-0.25, -0.2) is 4.79 Å². The molecular weight excluding hydrogens is 408 g/mol. The minimum absolute atomic E-state index is 0.193. The highest BCUT2D eigenvalue weighted by atomic mass is 16.4. The Hall–Kier alpha value is -1.38. The van der Waals surface area contributed by atoms with E-state index in [0.717, 1.165) is 25.7 Å². The number of hydrogen-bond acceptors (Lipinski definition) is 2.